The average molecular weight is 214 g/mol. The van der Waals surface area contributed by atoms with Crippen molar-refractivity contribution in [3.8, 4) is 0 Å². The smallest absolute Gasteiger partial charge is 0.112 e. The van der Waals surface area contributed by atoms with Gasteiger partial charge >= 0.3 is 0 Å². The molecule has 0 saturated carbocycles. The van der Waals surface area contributed by atoms with Crippen LogP contribution in [-0.4, -0.2) is 57.1 Å². The van der Waals surface area contributed by atoms with Crippen molar-refractivity contribution in [3.05, 3.63) is 0 Å². The molecule has 0 bridgehead atoms. The van der Waals surface area contributed by atoms with Crippen molar-refractivity contribution in [3.63, 3.8) is 0 Å². The topological polar surface area (TPSA) is 47.9 Å². The van der Waals surface area contributed by atoms with Crippen molar-refractivity contribution in [2.75, 3.05) is 13.7 Å². The maximum absolute atomic E-state index is 9.83. The van der Waals surface area contributed by atoms with Crippen molar-refractivity contribution in [2.24, 2.45) is 0 Å². The number of rotatable bonds is 5. The fourth-order valence-corrected chi connectivity index (χ4v) is 1.61. The van der Waals surface area contributed by atoms with Crippen LogP contribution in [0.15, 0.2) is 0 Å². The summed E-state index contributed by atoms with van der Waals surface area (Å²) in [5.74, 6) is 0. The third kappa shape index (κ3) is 3.18. The molecule has 1 N–H and O–H groups in total. The Labute approximate surface area is 92.3 Å². The number of ether oxygens (including phenoxy) is 3. The average Bonchev–Trinajstić information content (AvgIpc) is 2.51. The molecule has 1 aliphatic heterocycles. The summed E-state index contributed by atoms with van der Waals surface area (Å²) < 4.78 is 15.9. The Bertz CT molecular complexity index is 190. The third-order valence-electron chi connectivity index (χ3n) is 2.70. The minimum Gasteiger partial charge on any atom is -0.388 e. The van der Waals surface area contributed by atoms with E-state index in [1.54, 1.807) is 7.11 Å². The maximum atomic E-state index is 9.83. The van der Waals surface area contributed by atoms with E-state index in [1.165, 1.54) is 0 Å². The van der Waals surface area contributed by atoms with Crippen molar-refractivity contribution in [1.29, 1.82) is 0 Å². The second-order valence-corrected chi connectivity index (χ2v) is 3.88. The van der Waals surface area contributed by atoms with E-state index in [4.69, 9.17) is 22.1 Å². The Kier molecular flexibility index (Phi) is 5.05. The molecule has 1 fully saturated rings. The van der Waals surface area contributed by atoms with Gasteiger partial charge in [-0.3, -0.25) is 0 Å². The van der Waals surface area contributed by atoms with Crippen molar-refractivity contribution in [1.82, 2.24) is 0 Å². The Morgan fingerprint density at radius 1 is 1.53 bits per heavy atom. The van der Waals surface area contributed by atoms with Gasteiger partial charge in [0.15, 0.2) is 0 Å². The van der Waals surface area contributed by atoms with Gasteiger partial charge in [0, 0.05) is 13.1 Å². The zero-order chi connectivity index (χ0) is 11.4. The summed E-state index contributed by atoms with van der Waals surface area (Å²) in [5.41, 5.74) is 0. The molecule has 2 radical (unpaired) electrons. The van der Waals surface area contributed by atoms with Crippen LogP contribution in [0.3, 0.4) is 0 Å². The molecular formula is C10H19BO4. The van der Waals surface area contributed by atoms with Gasteiger partial charge in [0.2, 0.25) is 0 Å². The Balaban J connectivity index is 2.40. The third-order valence-corrected chi connectivity index (χ3v) is 2.70. The van der Waals surface area contributed by atoms with Crippen LogP contribution in [0.25, 0.3) is 0 Å². The van der Waals surface area contributed by atoms with Crippen molar-refractivity contribution >= 4 is 7.85 Å². The molecule has 0 aromatic heterocycles. The molecule has 5 heteroatoms. The first-order chi connectivity index (χ1) is 7.10. The quantitative estimate of drug-likeness (QED) is 0.658. The lowest BCUT2D eigenvalue weighted by molar-refractivity contribution is -0.0596. The van der Waals surface area contributed by atoms with Gasteiger partial charge in [0.1, 0.15) is 20.1 Å². The first-order valence-electron chi connectivity index (χ1n) is 5.33. The van der Waals surface area contributed by atoms with Gasteiger partial charge in [0.25, 0.3) is 0 Å². The van der Waals surface area contributed by atoms with Crippen LogP contribution >= 0.6 is 0 Å². The van der Waals surface area contributed by atoms with Gasteiger partial charge in [0.05, 0.1) is 18.8 Å². The van der Waals surface area contributed by atoms with E-state index in [1.807, 2.05) is 13.8 Å². The molecule has 86 valence electrons. The van der Waals surface area contributed by atoms with E-state index in [-0.39, 0.29) is 12.2 Å². The molecule has 4 nitrogen and oxygen atoms in total. The molecule has 15 heavy (non-hydrogen) atoms. The Morgan fingerprint density at radius 2 is 2.20 bits per heavy atom. The normalized spacial score (nSPS) is 38.1. The molecule has 1 rings (SSSR count). The van der Waals surface area contributed by atoms with Crippen LogP contribution in [0, 0.1) is 0 Å². The Morgan fingerprint density at radius 3 is 2.67 bits per heavy atom. The molecule has 1 saturated heterocycles. The summed E-state index contributed by atoms with van der Waals surface area (Å²) in [6.45, 7) is 4.25. The van der Waals surface area contributed by atoms with Gasteiger partial charge < -0.3 is 19.3 Å². The SMILES string of the molecule is [B][C@@H]1O[C@H](CC)C(O)[C@@H]1OCC(C)OC. The molecule has 0 aromatic carbocycles. The molecule has 0 spiro atoms. The largest absolute Gasteiger partial charge is 0.388 e. The first-order valence-corrected chi connectivity index (χ1v) is 5.33. The van der Waals surface area contributed by atoms with Gasteiger partial charge in [-0.05, 0) is 13.3 Å². The minimum atomic E-state index is -0.644. The molecule has 1 aliphatic rings. The molecule has 5 atom stereocenters. The lowest BCUT2D eigenvalue weighted by Crippen LogP contribution is -2.37. The molecule has 0 aromatic rings. The van der Waals surface area contributed by atoms with Gasteiger partial charge in [-0.1, -0.05) is 6.92 Å². The first kappa shape index (κ1) is 13.0. The fraction of sp³-hybridized carbons (Fsp3) is 1.00. The maximum Gasteiger partial charge on any atom is 0.112 e. The molecule has 2 unspecified atom stereocenters. The Hall–Kier alpha value is -0.0951. The zero-order valence-corrected chi connectivity index (χ0v) is 9.55. The van der Waals surface area contributed by atoms with Gasteiger partial charge in [-0.15, -0.1) is 0 Å². The molecular weight excluding hydrogens is 195 g/mol. The lowest BCUT2D eigenvalue weighted by Gasteiger charge is -2.20. The van der Waals surface area contributed by atoms with E-state index in [0.717, 1.165) is 6.42 Å². The van der Waals surface area contributed by atoms with Crippen molar-refractivity contribution < 1.29 is 19.3 Å². The highest BCUT2D eigenvalue weighted by molar-refractivity contribution is 6.11. The van der Waals surface area contributed by atoms with E-state index in [2.05, 4.69) is 0 Å². The summed E-state index contributed by atoms with van der Waals surface area (Å²) in [6.07, 6.45) is -0.594. The van der Waals surface area contributed by atoms with E-state index < -0.39 is 18.2 Å². The van der Waals surface area contributed by atoms with Crippen LogP contribution in [0.2, 0.25) is 0 Å². The van der Waals surface area contributed by atoms with E-state index in [9.17, 15) is 5.11 Å². The molecule has 0 amide bonds. The fourth-order valence-electron chi connectivity index (χ4n) is 1.61. The summed E-state index contributed by atoms with van der Waals surface area (Å²) in [4.78, 5) is 0. The number of aliphatic hydroxyl groups excluding tert-OH is 1. The van der Waals surface area contributed by atoms with Crippen LogP contribution in [0.4, 0.5) is 0 Å². The number of hydrogen-bond donors (Lipinski definition) is 1. The minimum absolute atomic E-state index is 0.00919. The van der Waals surface area contributed by atoms with Crippen LogP contribution in [0.5, 0.6) is 0 Å². The summed E-state index contributed by atoms with van der Waals surface area (Å²) in [6, 6.07) is -0.547. The van der Waals surface area contributed by atoms with Crippen LogP contribution in [0.1, 0.15) is 20.3 Å². The predicted octanol–water partition coefficient (Wildman–Crippen LogP) is 0.0708. The predicted molar refractivity (Wildman–Crippen MR) is 56.9 cm³/mol. The summed E-state index contributed by atoms with van der Waals surface area (Å²) >= 11 is 0. The molecule has 0 aliphatic carbocycles. The van der Waals surface area contributed by atoms with Crippen LogP contribution < -0.4 is 0 Å². The monoisotopic (exact) mass is 214 g/mol. The van der Waals surface area contributed by atoms with Gasteiger partial charge in [-0.2, -0.15) is 0 Å². The number of aliphatic hydroxyl groups is 1. The van der Waals surface area contributed by atoms with Crippen LogP contribution in [-0.2, 0) is 14.2 Å². The number of methoxy groups -OCH3 is 1. The highest BCUT2D eigenvalue weighted by atomic mass is 16.6. The second kappa shape index (κ2) is 5.84. The summed E-state index contributed by atoms with van der Waals surface area (Å²) in [5, 5.41) is 9.83. The van der Waals surface area contributed by atoms with Crippen molar-refractivity contribution in [2.45, 2.75) is 50.7 Å². The van der Waals surface area contributed by atoms with E-state index >= 15 is 0 Å². The van der Waals surface area contributed by atoms with E-state index in [0.29, 0.717) is 6.61 Å². The number of hydrogen-bond acceptors (Lipinski definition) is 4. The second-order valence-electron chi connectivity index (χ2n) is 3.88. The van der Waals surface area contributed by atoms with Gasteiger partial charge in [-0.25, -0.2) is 0 Å². The lowest BCUT2D eigenvalue weighted by atomic mass is 9.92. The standard InChI is InChI=1S/C10H19BO4/c1-4-7-8(12)9(10(11)15-7)14-5-6(2)13-3/h6-10,12H,4-5H2,1-3H3/t6?,7-,8?,9+,10-/m1/s1. The highest BCUT2D eigenvalue weighted by Gasteiger charge is 2.40. The summed E-state index contributed by atoms with van der Waals surface area (Å²) in [7, 11) is 7.33. The molecule has 1 heterocycles. The zero-order valence-electron chi connectivity index (χ0n) is 9.55. The highest BCUT2D eigenvalue weighted by Crippen LogP contribution is 2.24.